The lowest BCUT2D eigenvalue weighted by molar-refractivity contribution is -0.385. The van der Waals surface area contributed by atoms with Crippen LogP contribution in [0, 0.1) is 21.4 Å². The number of nitrogens with zero attached hydrogens (tertiary/aromatic N) is 2. The molecule has 7 nitrogen and oxygen atoms in total. The molecule has 1 rings (SSSR count). The molecule has 0 radical (unpaired) electrons. The SMILES string of the molecule is N#CCCCCOc1ccc([N+](=O)[O-])cc1S(=O)(=O)Cl. The summed E-state index contributed by atoms with van der Waals surface area (Å²) < 4.78 is 28.0. The molecule has 0 heterocycles. The molecule has 1 aromatic carbocycles. The van der Waals surface area contributed by atoms with Crippen molar-refractivity contribution >= 4 is 25.4 Å². The topological polar surface area (TPSA) is 110 Å². The number of nitriles is 1. The molecule has 0 spiro atoms. The molecule has 0 aliphatic heterocycles. The summed E-state index contributed by atoms with van der Waals surface area (Å²) >= 11 is 0. The molecule has 0 bridgehead atoms. The molecule has 0 unspecified atom stereocenters. The van der Waals surface area contributed by atoms with Gasteiger partial charge >= 0.3 is 0 Å². The summed E-state index contributed by atoms with van der Waals surface area (Å²) in [6.07, 6.45) is 1.56. The van der Waals surface area contributed by atoms with Crippen molar-refractivity contribution in [1.29, 1.82) is 5.26 Å². The van der Waals surface area contributed by atoms with Crippen LogP contribution in [0.15, 0.2) is 23.1 Å². The number of nitro benzene ring substituents is 1. The second-order valence-corrected chi connectivity index (χ2v) is 6.32. The van der Waals surface area contributed by atoms with Gasteiger partial charge in [-0.25, -0.2) is 8.42 Å². The van der Waals surface area contributed by atoms with E-state index in [4.69, 9.17) is 20.7 Å². The number of nitro groups is 1. The highest BCUT2D eigenvalue weighted by atomic mass is 35.7. The molecule has 108 valence electrons. The molecule has 0 fully saturated rings. The number of benzene rings is 1. The molecule has 20 heavy (non-hydrogen) atoms. The summed E-state index contributed by atoms with van der Waals surface area (Å²) in [6, 6.07) is 5.16. The Morgan fingerprint density at radius 1 is 1.40 bits per heavy atom. The molecule has 0 N–H and O–H groups in total. The van der Waals surface area contributed by atoms with Crippen LogP contribution in [0.4, 0.5) is 5.69 Å². The van der Waals surface area contributed by atoms with Gasteiger partial charge in [-0.05, 0) is 18.9 Å². The van der Waals surface area contributed by atoms with Crippen molar-refractivity contribution in [3.8, 4) is 11.8 Å². The van der Waals surface area contributed by atoms with Crippen LogP contribution in [0.25, 0.3) is 0 Å². The zero-order valence-corrected chi connectivity index (χ0v) is 11.9. The smallest absolute Gasteiger partial charge is 0.271 e. The quantitative estimate of drug-likeness (QED) is 0.330. The van der Waals surface area contributed by atoms with Gasteiger partial charge < -0.3 is 4.74 Å². The fourth-order valence-electron chi connectivity index (χ4n) is 1.41. The molecule has 0 aliphatic rings. The first-order valence-corrected chi connectivity index (χ1v) is 7.90. The summed E-state index contributed by atoms with van der Waals surface area (Å²) in [5.74, 6) is -0.0393. The van der Waals surface area contributed by atoms with Gasteiger partial charge in [0.25, 0.3) is 14.7 Å². The van der Waals surface area contributed by atoms with Crippen LogP contribution in [-0.4, -0.2) is 19.9 Å². The second kappa shape index (κ2) is 7.07. The number of hydrogen-bond donors (Lipinski definition) is 0. The molecule has 0 saturated heterocycles. The van der Waals surface area contributed by atoms with Crippen molar-refractivity contribution in [2.24, 2.45) is 0 Å². The van der Waals surface area contributed by atoms with E-state index < -0.39 is 18.9 Å². The fourth-order valence-corrected chi connectivity index (χ4v) is 2.40. The van der Waals surface area contributed by atoms with Crippen molar-refractivity contribution in [3.05, 3.63) is 28.3 Å². The van der Waals surface area contributed by atoms with Crippen molar-refractivity contribution in [2.75, 3.05) is 6.61 Å². The predicted octanol–water partition coefficient (Wildman–Crippen LogP) is 2.59. The minimum absolute atomic E-state index is 0.0393. The first-order chi connectivity index (χ1) is 9.36. The Labute approximate surface area is 120 Å². The minimum Gasteiger partial charge on any atom is -0.492 e. The van der Waals surface area contributed by atoms with E-state index in [1.807, 2.05) is 6.07 Å². The van der Waals surface area contributed by atoms with E-state index in [2.05, 4.69) is 0 Å². The van der Waals surface area contributed by atoms with E-state index in [9.17, 15) is 18.5 Å². The lowest BCUT2D eigenvalue weighted by Crippen LogP contribution is -2.03. The van der Waals surface area contributed by atoms with E-state index in [0.29, 0.717) is 19.3 Å². The maximum absolute atomic E-state index is 11.4. The summed E-state index contributed by atoms with van der Waals surface area (Å²) in [5.41, 5.74) is -0.388. The second-order valence-electron chi connectivity index (χ2n) is 3.79. The number of ether oxygens (including phenoxy) is 1. The van der Waals surface area contributed by atoms with Crippen LogP contribution in [0.2, 0.25) is 0 Å². The van der Waals surface area contributed by atoms with Crippen LogP contribution in [0.1, 0.15) is 19.3 Å². The molecule has 0 aliphatic carbocycles. The van der Waals surface area contributed by atoms with Crippen molar-refractivity contribution in [2.45, 2.75) is 24.2 Å². The predicted molar refractivity (Wildman–Crippen MR) is 71.1 cm³/mol. The van der Waals surface area contributed by atoms with Gasteiger partial charge in [-0.3, -0.25) is 10.1 Å². The van der Waals surface area contributed by atoms with E-state index in [1.54, 1.807) is 0 Å². The number of halogens is 1. The minimum atomic E-state index is -4.15. The number of rotatable bonds is 7. The van der Waals surface area contributed by atoms with E-state index in [-0.39, 0.29) is 18.0 Å². The Kier molecular flexibility index (Phi) is 5.73. The highest BCUT2D eigenvalue weighted by molar-refractivity contribution is 8.13. The average Bonchev–Trinajstić information content (AvgIpc) is 2.37. The maximum Gasteiger partial charge on any atom is 0.271 e. The lowest BCUT2D eigenvalue weighted by Gasteiger charge is -2.08. The van der Waals surface area contributed by atoms with Crippen molar-refractivity contribution in [1.82, 2.24) is 0 Å². The zero-order chi connectivity index (χ0) is 15.2. The molecular formula is C11H11ClN2O5S. The monoisotopic (exact) mass is 318 g/mol. The van der Waals surface area contributed by atoms with Crippen molar-refractivity contribution < 1.29 is 18.1 Å². The van der Waals surface area contributed by atoms with Gasteiger partial charge in [0.15, 0.2) is 0 Å². The largest absolute Gasteiger partial charge is 0.492 e. The highest BCUT2D eigenvalue weighted by Gasteiger charge is 2.21. The maximum atomic E-state index is 11.4. The number of hydrogen-bond acceptors (Lipinski definition) is 6. The van der Waals surface area contributed by atoms with Crippen LogP contribution in [0.5, 0.6) is 5.75 Å². The zero-order valence-electron chi connectivity index (χ0n) is 10.3. The van der Waals surface area contributed by atoms with Crippen molar-refractivity contribution in [3.63, 3.8) is 0 Å². The normalized spacial score (nSPS) is 10.8. The molecular weight excluding hydrogens is 308 g/mol. The van der Waals surface area contributed by atoms with Gasteiger partial charge in [0.05, 0.1) is 17.6 Å². The Morgan fingerprint density at radius 3 is 2.65 bits per heavy atom. The Bertz CT molecular complexity index is 639. The van der Waals surface area contributed by atoms with Crippen LogP contribution in [0.3, 0.4) is 0 Å². The van der Waals surface area contributed by atoms with E-state index in [1.165, 1.54) is 6.07 Å². The fraction of sp³-hybridized carbons (Fsp3) is 0.364. The standard InChI is InChI=1S/C11H11ClN2O5S/c12-20(17,18)11-8-9(14(15)16)4-5-10(11)19-7-3-1-2-6-13/h4-5,8H,1-3,7H2. The van der Waals surface area contributed by atoms with Gasteiger partial charge in [-0.15, -0.1) is 0 Å². The van der Waals surface area contributed by atoms with Gasteiger partial charge in [-0.1, -0.05) is 0 Å². The Hall–Kier alpha value is -1.85. The number of non-ortho nitro benzene ring substituents is 1. The third kappa shape index (κ3) is 4.68. The molecule has 0 saturated carbocycles. The van der Waals surface area contributed by atoms with Crippen LogP contribution < -0.4 is 4.74 Å². The Morgan fingerprint density at radius 2 is 2.10 bits per heavy atom. The van der Waals surface area contributed by atoms with Gasteiger partial charge in [0.1, 0.15) is 10.6 Å². The summed E-state index contributed by atoms with van der Waals surface area (Å²) in [7, 11) is 1.08. The highest BCUT2D eigenvalue weighted by Crippen LogP contribution is 2.30. The van der Waals surface area contributed by atoms with Crippen LogP contribution in [-0.2, 0) is 9.05 Å². The molecule has 0 aromatic heterocycles. The Balaban J connectivity index is 2.91. The van der Waals surface area contributed by atoms with Gasteiger partial charge in [0.2, 0.25) is 0 Å². The van der Waals surface area contributed by atoms with E-state index >= 15 is 0 Å². The van der Waals surface area contributed by atoms with Gasteiger partial charge in [0, 0.05) is 29.2 Å². The molecule has 1 aromatic rings. The van der Waals surface area contributed by atoms with Gasteiger partial charge in [-0.2, -0.15) is 5.26 Å². The summed E-state index contributed by atoms with van der Waals surface area (Å²) in [6.45, 7) is 0.193. The van der Waals surface area contributed by atoms with Crippen LogP contribution >= 0.6 is 10.7 Å². The van der Waals surface area contributed by atoms with E-state index in [0.717, 1.165) is 12.1 Å². The summed E-state index contributed by atoms with van der Waals surface area (Å²) in [5, 5.41) is 19.0. The molecule has 0 amide bonds. The first-order valence-electron chi connectivity index (χ1n) is 5.59. The molecule has 0 atom stereocenters. The number of unbranched alkanes of at least 4 members (excludes halogenated alkanes) is 2. The third-order valence-electron chi connectivity index (χ3n) is 2.34. The average molecular weight is 319 g/mol. The first kappa shape index (κ1) is 16.2. The lowest BCUT2D eigenvalue weighted by atomic mass is 10.2. The summed E-state index contributed by atoms with van der Waals surface area (Å²) in [4.78, 5) is 9.46. The molecule has 9 heteroatoms. The third-order valence-corrected chi connectivity index (χ3v) is 3.68.